The Morgan fingerprint density at radius 1 is 1.24 bits per heavy atom. The fraction of sp³-hybridized carbons (Fsp3) is 0.556. The Bertz CT molecular complexity index is 768. The van der Waals surface area contributed by atoms with E-state index in [9.17, 15) is 4.79 Å². The van der Waals surface area contributed by atoms with Crippen LogP contribution in [-0.2, 0) is 25.4 Å². The van der Waals surface area contributed by atoms with Crippen LogP contribution in [0.4, 0.5) is 0 Å². The molecule has 0 aromatic carbocycles. The lowest BCUT2D eigenvalue weighted by atomic mass is 9.78. The van der Waals surface area contributed by atoms with Gasteiger partial charge in [-0.05, 0) is 52.2 Å². The Morgan fingerprint density at radius 2 is 1.92 bits per heavy atom. The van der Waals surface area contributed by atoms with Crippen molar-refractivity contribution in [2.45, 2.75) is 58.8 Å². The standard InChI is InChI=1S/C18H25BN2O4/c1-6-23-15(22)9-12-21-11-8-13-14(7-10-20-16(13)21)19-24-17(2,3)18(4,5)25-19/h7-8,10-11H,6,9,12H2,1-5H3. The number of carbonyl (C=O) groups is 1. The minimum absolute atomic E-state index is 0.202. The van der Waals surface area contributed by atoms with Crippen LogP contribution in [0.3, 0.4) is 0 Å². The van der Waals surface area contributed by atoms with Gasteiger partial charge in [-0.1, -0.05) is 0 Å². The summed E-state index contributed by atoms with van der Waals surface area (Å²) in [5.74, 6) is -0.202. The molecule has 0 aliphatic carbocycles. The third-order valence-electron chi connectivity index (χ3n) is 5.07. The first kappa shape index (κ1) is 18.0. The highest BCUT2D eigenvalue weighted by atomic mass is 16.7. The van der Waals surface area contributed by atoms with Crippen LogP contribution in [0.2, 0.25) is 0 Å². The fourth-order valence-electron chi connectivity index (χ4n) is 2.91. The Morgan fingerprint density at radius 3 is 2.56 bits per heavy atom. The summed E-state index contributed by atoms with van der Waals surface area (Å²) in [6.45, 7) is 10.9. The van der Waals surface area contributed by atoms with E-state index in [1.165, 1.54) is 0 Å². The number of aryl methyl sites for hydroxylation is 1. The van der Waals surface area contributed by atoms with Gasteiger partial charge >= 0.3 is 13.1 Å². The van der Waals surface area contributed by atoms with Crippen molar-refractivity contribution in [3.63, 3.8) is 0 Å². The number of fused-ring (bicyclic) bond motifs is 1. The highest BCUT2D eigenvalue weighted by Gasteiger charge is 2.52. The molecular weight excluding hydrogens is 319 g/mol. The van der Waals surface area contributed by atoms with E-state index in [1.54, 1.807) is 13.1 Å². The molecule has 0 radical (unpaired) electrons. The molecule has 0 unspecified atom stereocenters. The van der Waals surface area contributed by atoms with E-state index in [4.69, 9.17) is 14.0 Å². The van der Waals surface area contributed by atoms with Gasteiger partial charge in [-0.2, -0.15) is 0 Å². The summed E-state index contributed by atoms with van der Waals surface area (Å²) in [5, 5.41) is 0.977. The molecule has 2 aromatic heterocycles. The van der Waals surface area contributed by atoms with Crippen LogP contribution >= 0.6 is 0 Å². The van der Waals surface area contributed by atoms with Crippen LogP contribution in [0, 0.1) is 0 Å². The van der Waals surface area contributed by atoms with Crippen molar-refractivity contribution >= 4 is 29.6 Å². The maximum atomic E-state index is 11.6. The van der Waals surface area contributed by atoms with E-state index >= 15 is 0 Å². The maximum Gasteiger partial charge on any atom is 0.495 e. The molecule has 7 heteroatoms. The number of pyridine rings is 1. The van der Waals surface area contributed by atoms with Crippen LogP contribution in [0.1, 0.15) is 41.0 Å². The van der Waals surface area contributed by atoms with Gasteiger partial charge in [-0.25, -0.2) is 4.98 Å². The molecule has 0 saturated carbocycles. The lowest BCUT2D eigenvalue weighted by Gasteiger charge is -2.32. The van der Waals surface area contributed by atoms with Crippen molar-refractivity contribution in [1.29, 1.82) is 0 Å². The molecule has 1 saturated heterocycles. The van der Waals surface area contributed by atoms with E-state index < -0.39 is 7.12 Å². The Kier molecular flexibility index (Phi) is 4.64. The molecule has 1 aliphatic rings. The average molecular weight is 344 g/mol. The molecule has 0 spiro atoms. The third kappa shape index (κ3) is 3.31. The van der Waals surface area contributed by atoms with Gasteiger partial charge in [0, 0.05) is 24.3 Å². The molecular formula is C18H25BN2O4. The molecule has 2 aromatic rings. The number of ether oxygens (including phenoxy) is 1. The van der Waals surface area contributed by atoms with Gasteiger partial charge in [-0.3, -0.25) is 4.79 Å². The monoisotopic (exact) mass is 344 g/mol. The summed E-state index contributed by atoms with van der Waals surface area (Å²) in [6, 6.07) is 3.92. The van der Waals surface area contributed by atoms with Crippen molar-refractivity contribution in [2.75, 3.05) is 6.61 Å². The van der Waals surface area contributed by atoms with Crippen molar-refractivity contribution in [2.24, 2.45) is 0 Å². The summed E-state index contributed by atoms with van der Waals surface area (Å²) in [4.78, 5) is 16.1. The predicted octanol–water partition coefficient (Wildman–Crippen LogP) is 2.29. The second-order valence-corrected chi connectivity index (χ2v) is 7.29. The lowest BCUT2D eigenvalue weighted by molar-refractivity contribution is -0.143. The number of nitrogens with zero attached hydrogens (tertiary/aromatic N) is 2. The Hall–Kier alpha value is -1.86. The first-order valence-corrected chi connectivity index (χ1v) is 8.70. The van der Waals surface area contributed by atoms with E-state index in [0.29, 0.717) is 19.6 Å². The molecule has 6 nitrogen and oxygen atoms in total. The minimum atomic E-state index is -0.434. The lowest BCUT2D eigenvalue weighted by Crippen LogP contribution is -2.41. The second-order valence-electron chi connectivity index (χ2n) is 7.29. The molecule has 25 heavy (non-hydrogen) atoms. The first-order valence-electron chi connectivity index (χ1n) is 8.70. The zero-order valence-corrected chi connectivity index (χ0v) is 15.5. The van der Waals surface area contributed by atoms with Gasteiger partial charge in [0.15, 0.2) is 0 Å². The molecule has 3 heterocycles. The van der Waals surface area contributed by atoms with Crippen LogP contribution in [-0.4, -0.2) is 40.4 Å². The summed E-state index contributed by atoms with van der Waals surface area (Å²) in [5.41, 5.74) is 0.995. The van der Waals surface area contributed by atoms with Gasteiger partial charge in [-0.15, -0.1) is 0 Å². The Balaban J connectivity index is 1.86. The van der Waals surface area contributed by atoms with Crippen molar-refractivity contribution < 1.29 is 18.8 Å². The van der Waals surface area contributed by atoms with Crippen molar-refractivity contribution in [3.8, 4) is 0 Å². The summed E-state index contributed by atoms with van der Waals surface area (Å²) in [6.07, 6.45) is 4.01. The zero-order chi connectivity index (χ0) is 18.2. The van der Waals surface area contributed by atoms with Crippen LogP contribution in [0.5, 0.6) is 0 Å². The number of esters is 1. The second kappa shape index (κ2) is 6.46. The molecule has 3 rings (SSSR count). The molecule has 0 N–H and O–H groups in total. The number of hydrogen-bond acceptors (Lipinski definition) is 5. The average Bonchev–Trinajstić information content (AvgIpc) is 3.03. The van der Waals surface area contributed by atoms with Crippen molar-refractivity contribution in [3.05, 3.63) is 24.5 Å². The largest absolute Gasteiger partial charge is 0.495 e. The number of aromatic nitrogens is 2. The van der Waals surface area contributed by atoms with Crippen molar-refractivity contribution in [1.82, 2.24) is 9.55 Å². The predicted molar refractivity (Wildman–Crippen MR) is 96.7 cm³/mol. The minimum Gasteiger partial charge on any atom is -0.466 e. The molecule has 0 bridgehead atoms. The molecule has 1 aliphatic heterocycles. The van der Waals surface area contributed by atoms with E-state index in [0.717, 1.165) is 16.5 Å². The van der Waals surface area contributed by atoms with E-state index in [-0.39, 0.29) is 17.2 Å². The van der Waals surface area contributed by atoms with Gasteiger partial charge in [0.1, 0.15) is 5.65 Å². The maximum absolute atomic E-state index is 11.6. The summed E-state index contributed by atoms with van der Waals surface area (Å²) < 4.78 is 19.3. The molecule has 134 valence electrons. The van der Waals surface area contributed by atoms with Gasteiger partial charge in [0.05, 0.1) is 24.2 Å². The van der Waals surface area contributed by atoms with Crippen LogP contribution < -0.4 is 5.46 Å². The molecule has 0 amide bonds. The van der Waals surface area contributed by atoms with Gasteiger partial charge in [0.25, 0.3) is 0 Å². The van der Waals surface area contributed by atoms with E-state index in [2.05, 4.69) is 4.98 Å². The van der Waals surface area contributed by atoms with E-state index in [1.807, 2.05) is 50.6 Å². The smallest absolute Gasteiger partial charge is 0.466 e. The zero-order valence-electron chi connectivity index (χ0n) is 15.5. The quantitative estimate of drug-likeness (QED) is 0.615. The fourth-order valence-corrected chi connectivity index (χ4v) is 2.91. The first-order chi connectivity index (χ1) is 11.7. The van der Waals surface area contributed by atoms with Crippen LogP contribution in [0.25, 0.3) is 11.0 Å². The number of hydrogen-bond donors (Lipinski definition) is 0. The van der Waals surface area contributed by atoms with Crippen LogP contribution in [0.15, 0.2) is 24.5 Å². The third-order valence-corrected chi connectivity index (χ3v) is 5.07. The topological polar surface area (TPSA) is 62.6 Å². The SMILES string of the molecule is CCOC(=O)CCn1ccc2c(B3OC(C)(C)C(C)(C)O3)ccnc21. The van der Waals surface area contributed by atoms with Gasteiger partial charge in [0.2, 0.25) is 0 Å². The summed E-state index contributed by atoms with van der Waals surface area (Å²) in [7, 11) is -0.434. The highest BCUT2D eigenvalue weighted by Crippen LogP contribution is 2.36. The number of carbonyl (C=O) groups excluding carboxylic acids is 1. The normalized spacial score (nSPS) is 18.7. The van der Waals surface area contributed by atoms with Gasteiger partial charge < -0.3 is 18.6 Å². The number of rotatable bonds is 5. The summed E-state index contributed by atoms with van der Waals surface area (Å²) >= 11 is 0. The Labute approximate surface area is 148 Å². The molecule has 1 fully saturated rings. The highest BCUT2D eigenvalue weighted by molar-refractivity contribution is 6.65. The molecule has 0 atom stereocenters.